The van der Waals surface area contributed by atoms with Crippen molar-refractivity contribution in [2.75, 3.05) is 20.6 Å². The Morgan fingerprint density at radius 1 is 1.40 bits per heavy atom. The van der Waals surface area contributed by atoms with Gasteiger partial charge in [0.1, 0.15) is 6.10 Å². The third kappa shape index (κ3) is 4.08. The normalized spacial score (nSPS) is 14.9. The van der Waals surface area contributed by atoms with Crippen LogP contribution in [0.3, 0.4) is 0 Å². The molecule has 0 saturated heterocycles. The highest BCUT2D eigenvalue weighted by molar-refractivity contribution is 7.08. The summed E-state index contributed by atoms with van der Waals surface area (Å²) in [6, 6.07) is 3.75. The summed E-state index contributed by atoms with van der Waals surface area (Å²) in [6.45, 7) is 1.67. The minimum Gasteiger partial charge on any atom is -0.386 e. The molecule has 2 aromatic heterocycles. The molecule has 1 aliphatic rings. The van der Waals surface area contributed by atoms with E-state index in [4.69, 9.17) is 0 Å². The van der Waals surface area contributed by atoms with Gasteiger partial charge in [0.2, 0.25) is 11.8 Å². The zero-order valence-corrected chi connectivity index (χ0v) is 15.2. The van der Waals surface area contributed by atoms with Crippen LogP contribution >= 0.6 is 11.3 Å². The van der Waals surface area contributed by atoms with Gasteiger partial charge in [-0.15, -0.1) is 0 Å². The van der Waals surface area contributed by atoms with E-state index in [0.29, 0.717) is 31.7 Å². The average molecular weight is 362 g/mol. The summed E-state index contributed by atoms with van der Waals surface area (Å²) in [5.74, 6) is -0.0539. The molecule has 1 N–H and O–H groups in total. The van der Waals surface area contributed by atoms with E-state index in [0.717, 1.165) is 11.3 Å². The van der Waals surface area contributed by atoms with Gasteiger partial charge in [-0.2, -0.15) is 16.4 Å². The van der Waals surface area contributed by atoms with Crippen LogP contribution < -0.4 is 0 Å². The number of aliphatic hydroxyl groups is 1. The van der Waals surface area contributed by atoms with E-state index in [-0.39, 0.29) is 18.2 Å². The molecule has 3 heterocycles. The molecule has 8 heteroatoms. The number of nitrogens with zero attached hydrogens (tertiary/aromatic N) is 4. The van der Waals surface area contributed by atoms with Gasteiger partial charge in [-0.1, -0.05) is 0 Å². The van der Waals surface area contributed by atoms with Crippen molar-refractivity contribution >= 4 is 23.2 Å². The van der Waals surface area contributed by atoms with Crippen molar-refractivity contribution in [3.63, 3.8) is 0 Å². The maximum absolute atomic E-state index is 12.4. The summed E-state index contributed by atoms with van der Waals surface area (Å²) in [4.78, 5) is 27.4. The molecule has 0 fully saturated rings. The van der Waals surface area contributed by atoms with Crippen molar-refractivity contribution in [3.8, 4) is 0 Å². The molecule has 134 valence electrons. The Labute approximate surface area is 150 Å². The number of hydrogen-bond acceptors (Lipinski definition) is 5. The molecular formula is C17H22N4O3S. The molecule has 25 heavy (non-hydrogen) atoms. The summed E-state index contributed by atoms with van der Waals surface area (Å²) in [7, 11) is 3.31. The third-order valence-electron chi connectivity index (χ3n) is 4.31. The quantitative estimate of drug-likeness (QED) is 0.862. The first kappa shape index (κ1) is 17.6. The maximum atomic E-state index is 12.4. The molecule has 2 aromatic rings. The topological polar surface area (TPSA) is 78.7 Å². The lowest BCUT2D eigenvalue weighted by molar-refractivity contribution is -0.132. The van der Waals surface area contributed by atoms with Gasteiger partial charge in [-0.25, -0.2) is 0 Å². The van der Waals surface area contributed by atoms with E-state index in [2.05, 4.69) is 5.10 Å². The molecule has 0 unspecified atom stereocenters. The van der Waals surface area contributed by atoms with E-state index in [1.165, 1.54) is 4.90 Å². The lowest BCUT2D eigenvalue weighted by Gasteiger charge is -2.27. The number of rotatable bonds is 5. The first-order valence-electron chi connectivity index (χ1n) is 8.17. The number of fused-ring (bicyclic) bond motifs is 1. The number of aromatic nitrogens is 2. The zero-order valence-electron chi connectivity index (χ0n) is 14.4. The highest BCUT2D eigenvalue weighted by Crippen LogP contribution is 2.21. The zero-order chi connectivity index (χ0) is 18.0. The molecule has 0 bridgehead atoms. The van der Waals surface area contributed by atoms with Gasteiger partial charge in [0, 0.05) is 20.6 Å². The molecule has 0 saturated carbocycles. The van der Waals surface area contributed by atoms with Gasteiger partial charge in [-0.05, 0) is 28.5 Å². The predicted octanol–water partition coefficient (Wildman–Crippen LogP) is 1.04. The van der Waals surface area contributed by atoms with Crippen molar-refractivity contribution in [2.45, 2.75) is 32.0 Å². The Bertz CT molecular complexity index is 754. The summed E-state index contributed by atoms with van der Waals surface area (Å²) < 4.78 is 1.81. The molecule has 3 rings (SSSR count). The van der Waals surface area contributed by atoms with Crippen LogP contribution in [0.25, 0.3) is 0 Å². The molecule has 0 aromatic carbocycles. The minimum absolute atomic E-state index is 0.00422. The second kappa shape index (κ2) is 7.37. The van der Waals surface area contributed by atoms with E-state index >= 15 is 0 Å². The summed E-state index contributed by atoms with van der Waals surface area (Å²) in [5, 5.41) is 18.6. The second-order valence-electron chi connectivity index (χ2n) is 6.42. The molecule has 0 radical (unpaired) electrons. The number of carbonyl (C=O) groups excluding carboxylic acids is 2. The van der Waals surface area contributed by atoms with E-state index in [1.54, 1.807) is 31.5 Å². The standard InChI is InChI=1S/C17H22N4O3S/c1-19(2)16(23)9-15(22)14-8-13-10-20(4-5-21(13)18-14)17(24)7-12-3-6-25-11-12/h3,6,8,11,15,22H,4-5,7,9-10H2,1-2H3/t15-/m1/s1. The molecule has 0 aliphatic carbocycles. The monoisotopic (exact) mass is 362 g/mol. The Morgan fingerprint density at radius 3 is 2.88 bits per heavy atom. The van der Waals surface area contributed by atoms with Crippen LogP contribution in [-0.2, 0) is 29.1 Å². The lowest BCUT2D eigenvalue weighted by Crippen LogP contribution is -2.39. The third-order valence-corrected chi connectivity index (χ3v) is 5.05. The van der Waals surface area contributed by atoms with Crippen LogP contribution in [-0.4, -0.2) is 57.1 Å². The fourth-order valence-corrected chi connectivity index (χ4v) is 3.47. The van der Waals surface area contributed by atoms with Gasteiger partial charge in [0.05, 0.1) is 37.3 Å². The Morgan fingerprint density at radius 2 is 2.20 bits per heavy atom. The van der Waals surface area contributed by atoms with Crippen LogP contribution in [0, 0.1) is 0 Å². The van der Waals surface area contributed by atoms with Crippen LogP contribution in [0.2, 0.25) is 0 Å². The molecule has 7 nitrogen and oxygen atoms in total. The molecule has 2 amide bonds. The molecule has 0 spiro atoms. The van der Waals surface area contributed by atoms with Crippen LogP contribution in [0.5, 0.6) is 0 Å². The van der Waals surface area contributed by atoms with Crippen molar-refractivity contribution in [1.82, 2.24) is 19.6 Å². The fraction of sp³-hybridized carbons (Fsp3) is 0.471. The minimum atomic E-state index is -0.928. The lowest BCUT2D eigenvalue weighted by atomic mass is 10.1. The highest BCUT2D eigenvalue weighted by atomic mass is 32.1. The number of hydrogen-bond donors (Lipinski definition) is 1. The Hall–Kier alpha value is -2.19. The SMILES string of the molecule is CN(C)C(=O)C[C@@H](O)c1cc2n(n1)CCN(C(=O)Cc1ccsc1)C2. The summed E-state index contributed by atoms with van der Waals surface area (Å²) >= 11 is 1.59. The van der Waals surface area contributed by atoms with Crippen molar-refractivity contribution in [1.29, 1.82) is 0 Å². The van der Waals surface area contributed by atoms with E-state index < -0.39 is 6.10 Å². The molecule has 1 atom stereocenters. The highest BCUT2D eigenvalue weighted by Gasteiger charge is 2.25. The van der Waals surface area contributed by atoms with Crippen LogP contribution in [0.15, 0.2) is 22.9 Å². The number of aliphatic hydroxyl groups excluding tert-OH is 1. The van der Waals surface area contributed by atoms with Crippen molar-refractivity contribution in [3.05, 3.63) is 39.8 Å². The van der Waals surface area contributed by atoms with Gasteiger partial charge in [-0.3, -0.25) is 14.3 Å². The maximum Gasteiger partial charge on any atom is 0.227 e. The first-order valence-corrected chi connectivity index (χ1v) is 9.12. The van der Waals surface area contributed by atoms with Gasteiger partial charge in [0.25, 0.3) is 0 Å². The number of carbonyl (C=O) groups is 2. The van der Waals surface area contributed by atoms with Gasteiger partial charge >= 0.3 is 0 Å². The van der Waals surface area contributed by atoms with E-state index in [9.17, 15) is 14.7 Å². The number of amides is 2. The molecule has 1 aliphatic heterocycles. The summed E-state index contributed by atoms with van der Waals surface area (Å²) in [6.07, 6.45) is -0.516. The first-order chi connectivity index (χ1) is 11.9. The predicted molar refractivity (Wildman–Crippen MR) is 93.9 cm³/mol. The van der Waals surface area contributed by atoms with Gasteiger partial charge < -0.3 is 14.9 Å². The number of thiophene rings is 1. The Kier molecular flexibility index (Phi) is 5.19. The van der Waals surface area contributed by atoms with Crippen LogP contribution in [0.4, 0.5) is 0 Å². The van der Waals surface area contributed by atoms with Crippen molar-refractivity contribution in [2.24, 2.45) is 0 Å². The summed E-state index contributed by atoms with van der Waals surface area (Å²) in [5.41, 5.74) is 2.40. The largest absolute Gasteiger partial charge is 0.386 e. The van der Waals surface area contributed by atoms with Crippen LogP contribution in [0.1, 0.15) is 29.5 Å². The van der Waals surface area contributed by atoms with E-state index in [1.807, 2.05) is 26.4 Å². The van der Waals surface area contributed by atoms with Gasteiger partial charge in [0.15, 0.2) is 0 Å². The smallest absolute Gasteiger partial charge is 0.227 e. The second-order valence-corrected chi connectivity index (χ2v) is 7.20. The average Bonchev–Trinajstić information content (AvgIpc) is 3.22. The Balaban J connectivity index is 1.64. The fourth-order valence-electron chi connectivity index (χ4n) is 2.80. The molecular weight excluding hydrogens is 340 g/mol. The van der Waals surface area contributed by atoms with Crippen molar-refractivity contribution < 1.29 is 14.7 Å².